The van der Waals surface area contributed by atoms with E-state index in [0.29, 0.717) is 11.4 Å². The summed E-state index contributed by atoms with van der Waals surface area (Å²) >= 11 is 0. The van der Waals surface area contributed by atoms with Crippen LogP contribution in [0.5, 0.6) is 0 Å². The van der Waals surface area contributed by atoms with E-state index in [2.05, 4.69) is 15.6 Å². The van der Waals surface area contributed by atoms with Gasteiger partial charge in [-0.05, 0) is 45.2 Å². The molecule has 0 spiro atoms. The zero-order valence-electron chi connectivity index (χ0n) is 19.3. The van der Waals surface area contributed by atoms with Gasteiger partial charge in [0, 0.05) is 12.6 Å². The van der Waals surface area contributed by atoms with E-state index < -0.39 is 47.5 Å². The zero-order valence-corrected chi connectivity index (χ0v) is 19.3. The molecule has 32 heavy (non-hydrogen) atoms. The second-order valence-corrected chi connectivity index (χ2v) is 9.17. The molecule has 1 aliphatic heterocycles. The van der Waals surface area contributed by atoms with E-state index >= 15 is 0 Å². The number of carboxylic acid groups (broad SMARTS) is 1. The highest BCUT2D eigenvalue weighted by molar-refractivity contribution is 6.05. The van der Waals surface area contributed by atoms with E-state index in [4.69, 9.17) is 4.74 Å². The predicted octanol–water partition coefficient (Wildman–Crippen LogP) is 0.885. The molecule has 0 aromatic carbocycles. The van der Waals surface area contributed by atoms with Crippen molar-refractivity contribution in [1.82, 2.24) is 15.6 Å². The first-order valence-electron chi connectivity index (χ1n) is 10.6. The fourth-order valence-electron chi connectivity index (χ4n) is 3.36. The second-order valence-electron chi connectivity index (χ2n) is 9.17. The molecule has 176 valence electrons. The SMILES string of the molecule is CC(C)[C@H](NC(=O)[C@H](C)NCC(=O)OC(C)(C)C)C(=O)N1c2ncccc2C[C@H]1C(=O)O. The largest absolute Gasteiger partial charge is 0.480 e. The van der Waals surface area contributed by atoms with Gasteiger partial charge in [-0.25, -0.2) is 9.78 Å². The topological polar surface area (TPSA) is 138 Å². The fourth-order valence-corrected chi connectivity index (χ4v) is 3.36. The van der Waals surface area contributed by atoms with Crippen LogP contribution in [0.3, 0.4) is 0 Å². The molecule has 0 aliphatic carbocycles. The number of rotatable bonds is 8. The first-order chi connectivity index (χ1) is 14.8. The monoisotopic (exact) mass is 448 g/mol. The van der Waals surface area contributed by atoms with Gasteiger partial charge in [-0.3, -0.25) is 24.6 Å². The Morgan fingerprint density at radius 1 is 1.25 bits per heavy atom. The van der Waals surface area contributed by atoms with E-state index in [0.717, 1.165) is 4.90 Å². The molecule has 0 saturated carbocycles. The number of aromatic nitrogens is 1. The molecule has 10 heteroatoms. The molecule has 2 amide bonds. The van der Waals surface area contributed by atoms with Crippen LogP contribution in [-0.4, -0.2) is 64.1 Å². The molecule has 0 radical (unpaired) electrons. The van der Waals surface area contributed by atoms with Crippen molar-refractivity contribution in [3.05, 3.63) is 23.9 Å². The maximum absolute atomic E-state index is 13.4. The number of hydrogen-bond acceptors (Lipinski definition) is 7. The van der Waals surface area contributed by atoms with Crippen molar-refractivity contribution in [2.24, 2.45) is 5.92 Å². The molecule has 0 saturated heterocycles. The first kappa shape index (κ1) is 25.3. The lowest BCUT2D eigenvalue weighted by molar-refractivity contribution is -0.153. The van der Waals surface area contributed by atoms with Gasteiger partial charge in [-0.15, -0.1) is 0 Å². The van der Waals surface area contributed by atoms with E-state index in [-0.39, 0.29) is 18.9 Å². The number of amides is 2. The predicted molar refractivity (Wildman–Crippen MR) is 117 cm³/mol. The standard InChI is InChI=1S/C22H32N4O6/c1-12(2)17(25-19(28)13(3)24-11-16(27)32-22(4,5)6)20(29)26-15(21(30)31)10-14-8-7-9-23-18(14)26/h7-9,12-13,15,17,24H,10-11H2,1-6H3,(H,25,28)(H,30,31)/t13-,15-,17-/m0/s1. The number of carbonyl (C=O) groups is 4. The van der Waals surface area contributed by atoms with Gasteiger partial charge in [0.25, 0.3) is 5.91 Å². The smallest absolute Gasteiger partial charge is 0.327 e. The zero-order chi connectivity index (χ0) is 24.2. The van der Waals surface area contributed by atoms with Crippen LogP contribution in [-0.2, 0) is 30.3 Å². The molecule has 1 aromatic rings. The molecule has 1 aromatic heterocycles. The number of aliphatic carboxylic acids is 1. The molecule has 2 rings (SSSR count). The Morgan fingerprint density at radius 2 is 1.91 bits per heavy atom. The third kappa shape index (κ3) is 6.25. The van der Waals surface area contributed by atoms with Crippen molar-refractivity contribution in [2.75, 3.05) is 11.4 Å². The Hall–Kier alpha value is -3.01. The van der Waals surface area contributed by atoms with Crippen LogP contribution in [0.4, 0.5) is 5.82 Å². The van der Waals surface area contributed by atoms with Gasteiger partial charge < -0.3 is 15.2 Å². The van der Waals surface area contributed by atoms with Crippen LogP contribution < -0.4 is 15.5 Å². The summed E-state index contributed by atoms with van der Waals surface area (Å²) in [5.74, 6) is -2.70. The highest BCUT2D eigenvalue weighted by atomic mass is 16.6. The summed E-state index contributed by atoms with van der Waals surface area (Å²) in [6.07, 6.45) is 1.64. The van der Waals surface area contributed by atoms with Crippen molar-refractivity contribution >= 4 is 29.6 Å². The maximum Gasteiger partial charge on any atom is 0.327 e. The number of ether oxygens (including phenoxy) is 1. The number of nitrogens with zero attached hydrogens (tertiary/aromatic N) is 2. The normalized spacial score (nSPS) is 17.5. The molecule has 0 bridgehead atoms. The number of pyridine rings is 1. The number of carbonyl (C=O) groups excluding carboxylic acids is 3. The van der Waals surface area contributed by atoms with Gasteiger partial charge in [0.2, 0.25) is 5.91 Å². The van der Waals surface area contributed by atoms with Crippen molar-refractivity contribution in [2.45, 2.75) is 71.7 Å². The molecule has 2 heterocycles. The Kier molecular flexibility index (Phi) is 7.95. The Balaban J connectivity index is 2.11. The van der Waals surface area contributed by atoms with E-state index in [1.54, 1.807) is 53.7 Å². The molecule has 3 atom stereocenters. The molecule has 1 aliphatic rings. The van der Waals surface area contributed by atoms with Crippen molar-refractivity contribution < 1.29 is 29.0 Å². The maximum atomic E-state index is 13.4. The number of nitrogens with one attached hydrogen (secondary N) is 2. The molecule has 10 nitrogen and oxygen atoms in total. The van der Waals surface area contributed by atoms with E-state index in [1.165, 1.54) is 6.20 Å². The second kappa shape index (κ2) is 10.1. The Bertz CT molecular complexity index is 879. The van der Waals surface area contributed by atoms with Gasteiger partial charge >= 0.3 is 11.9 Å². The summed E-state index contributed by atoms with van der Waals surface area (Å²) in [7, 11) is 0. The quantitative estimate of drug-likeness (QED) is 0.499. The fraction of sp³-hybridized carbons (Fsp3) is 0.591. The minimum atomic E-state index is -1.14. The van der Waals surface area contributed by atoms with E-state index in [1.807, 2.05) is 0 Å². The van der Waals surface area contributed by atoms with Crippen molar-refractivity contribution in [1.29, 1.82) is 0 Å². The van der Waals surface area contributed by atoms with Gasteiger partial charge in [0.1, 0.15) is 23.5 Å². The van der Waals surface area contributed by atoms with Gasteiger partial charge in [0.05, 0.1) is 12.6 Å². The van der Waals surface area contributed by atoms with E-state index in [9.17, 15) is 24.3 Å². The average Bonchev–Trinajstić information content (AvgIpc) is 3.08. The number of hydrogen-bond donors (Lipinski definition) is 3. The molecular formula is C22H32N4O6. The summed E-state index contributed by atoms with van der Waals surface area (Å²) in [5, 5.41) is 15.1. The summed E-state index contributed by atoms with van der Waals surface area (Å²) in [6.45, 7) is 10.1. The van der Waals surface area contributed by atoms with Crippen LogP contribution in [0.2, 0.25) is 0 Å². The summed E-state index contributed by atoms with van der Waals surface area (Å²) in [6, 6.07) is 0.579. The molecule has 3 N–H and O–H groups in total. The molecular weight excluding hydrogens is 416 g/mol. The number of carboxylic acids is 1. The van der Waals surface area contributed by atoms with Crippen LogP contribution in [0.25, 0.3) is 0 Å². The number of fused-ring (bicyclic) bond motifs is 1. The van der Waals surface area contributed by atoms with Gasteiger partial charge in [0.15, 0.2) is 0 Å². The highest BCUT2D eigenvalue weighted by Gasteiger charge is 2.43. The highest BCUT2D eigenvalue weighted by Crippen LogP contribution is 2.31. The van der Waals surface area contributed by atoms with Crippen molar-refractivity contribution in [3.63, 3.8) is 0 Å². The summed E-state index contributed by atoms with van der Waals surface area (Å²) in [5.41, 5.74) is 0.0228. The third-order valence-corrected chi connectivity index (χ3v) is 4.94. The van der Waals surface area contributed by atoms with Crippen LogP contribution >= 0.6 is 0 Å². The minimum Gasteiger partial charge on any atom is -0.480 e. The van der Waals surface area contributed by atoms with Crippen LogP contribution in [0, 0.1) is 5.92 Å². The lowest BCUT2D eigenvalue weighted by atomic mass is 10.0. The minimum absolute atomic E-state index is 0.150. The molecule has 0 fully saturated rings. The van der Waals surface area contributed by atoms with Crippen LogP contribution in [0.1, 0.15) is 47.1 Å². The Labute approximate surface area is 187 Å². The summed E-state index contributed by atoms with van der Waals surface area (Å²) in [4.78, 5) is 55.1. The first-order valence-corrected chi connectivity index (χ1v) is 10.6. The number of esters is 1. The van der Waals surface area contributed by atoms with Gasteiger partial charge in [-0.1, -0.05) is 19.9 Å². The van der Waals surface area contributed by atoms with Gasteiger partial charge in [-0.2, -0.15) is 0 Å². The van der Waals surface area contributed by atoms with Crippen LogP contribution in [0.15, 0.2) is 18.3 Å². The molecule has 0 unspecified atom stereocenters. The average molecular weight is 449 g/mol. The number of anilines is 1. The lowest BCUT2D eigenvalue weighted by Crippen LogP contribution is -2.57. The Morgan fingerprint density at radius 3 is 2.47 bits per heavy atom. The van der Waals surface area contributed by atoms with Crippen molar-refractivity contribution in [3.8, 4) is 0 Å². The lowest BCUT2D eigenvalue weighted by Gasteiger charge is -2.30. The third-order valence-electron chi connectivity index (χ3n) is 4.94. The summed E-state index contributed by atoms with van der Waals surface area (Å²) < 4.78 is 5.20.